The van der Waals surface area contributed by atoms with Gasteiger partial charge in [0.15, 0.2) is 0 Å². The van der Waals surface area contributed by atoms with Crippen molar-refractivity contribution < 1.29 is 29.4 Å². The van der Waals surface area contributed by atoms with Crippen LogP contribution in [0.3, 0.4) is 0 Å². The number of carboxylic acid groups (broad SMARTS) is 1. The van der Waals surface area contributed by atoms with Crippen LogP contribution < -0.4 is 22.1 Å². The van der Waals surface area contributed by atoms with E-state index in [1.165, 1.54) is 17.0 Å². The normalized spacial score (nSPS) is 17.5. The topological polar surface area (TPSA) is 188 Å². The fourth-order valence-electron chi connectivity index (χ4n) is 5.20. The van der Waals surface area contributed by atoms with E-state index in [-0.39, 0.29) is 71.9 Å². The monoisotopic (exact) mass is 747 g/mol. The van der Waals surface area contributed by atoms with Crippen molar-refractivity contribution in [3.63, 3.8) is 0 Å². The molecule has 0 saturated carbocycles. The summed E-state index contributed by atoms with van der Waals surface area (Å²) < 4.78 is 0. The lowest BCUT2D eigenvalue weighted by molar-refractivity contribution is -0.143. The summed E-state index contributed by atoms with van der Waals surface area (Å²) in [7, 11) is 0. The number of rotatable bonds is 12. The first-order chi connectivity index (χ1) is 20.6. The van der Waals surface area contributed by atoms with Crippen LogP contribution in [0.1, 0.15) is 23.1 Å². The lowest BCUT2D eigenvalue weighted by atomic mass is 10.0. The Morgan fingerprint density at radius 3 is 1.82 bits per heavy atom. The molecule has 1 aliphatic heterocycles. The lowest BCUT2D eigenvalue weighted by Gasteiger charge is -2.28. The Bertz CT molecular complexity index is 1410. The second-order valence-corrected chi connectivity index (χ2v) is 10.8. The van der Waals surface area contributed by atoms with Crippen LogP contribution in [0.2, 0.25) is 0 Å². The largest absolute Gasteiger partial charge is 0.508 e. The van der Waals surface area contributed by atoms with Crippen LogP contribution in [0.15, 0.2) is 84.9 Å². The summed E-state index contributed by atoms with van der Waals surface area (Å²) in [4.78, 5) is 53.8. The molecule has 0 aliphatic carbocycles. The van der Waals surface area contributed by atoms with Crippen molar-refractivity contribution in [2.24, 2.45) is 11.5 Å². The SMILES string of the molecule is Br.Br.N[C@@H]1C[C@@H](C(=O)N[C@@H](Cc2ccccc2)C(=O)N[C@@H](Cc2ccccc2)C(=O)O)N(C(=O)[C@@H](N)Cc2ccc(O)cc2)C1. The molecule has 1 saturated heterocycles. The first-order valence-electron chi connectivity index (χ1n) is 14.1. The van der Waals surface area contributed by atoms with Gasteiger partial charge in [0.1, 0.15) is 23.9 Å². The number of benzene rings is 3. The molecular formula is C32H39Br2N5O6. The van der Waals surface area contributed by atoms with Crippen LogP contribution in [-0.4, -0.2) is 75.6 Å². The standard InChI is InChI=1S/C32H37N5O6.2BrH/c33-23-18-28(37(19-23)31(41)25(34)15-22-11-13-24(38)14-12-22)30(40)35-26(16-20-7-3-1-4-8-20)29(39)36-27(32(42)43)17-21-9-5-2-6-10-21;;/h1-14,23,25-28,38H,15-19,33-34H2,(H,35,40)(H,36,39)(H,42,43);2*1H/t23-,25+,26+,27+,28+;;/m1../s1. The Labute approximate surface area is 282 Å². The molecule has 3 aromatic rings. The van der Waals surface area contributed by atoms with Crippen molar-refractivity contribution in [2.75, 3.05) is 6.54 Å². The number of nitrogens with two attached hydrogens (primary N) is 2. The van der Waals surface area contributed by atoms with Gasteiger partial charge < -0.3 is 37.2 Å². The van der Waals surface area contributed by atoms with Crippen molar-refractivity contribution in [3.05, 3.63) is 102 Å². The van der Waals surface area contributed by atoms with E-state index in [1.54, 1.807) is 60.7 Å². The van der Waals surface area contributed by atoms with Crippen molar-refractivity contribution in [1.29, 1.82) is 0 Å². The fourth-order valence-corrected chi connectivity index (χ4v) is 5.20. The molecule has 1 aliphatic rings. The molecule has 3 amide bonds. The smallest absolute Gasteiger partial charge is 0.326 e. The average molecular weight is 750 g/mol. The number of hydrogen-bond donors (Lipinski definition) is 6. The minimum absolute atomic E-state index is 0. The number of halogens is 2. The van der Waals surface area contributed by atoms with Gasteiger partial charge in [-0.25, -0.2) is 4.79 Å². The van der Waals surface area contributed by atoms with Crippen molar-refractivity contribution in [2.45, 2.75) is 55.9 Å². The highest BCUT2D eigenvalue weighted by molar-refractivity contribution is 8.93. The zero-order valence-corrected chi connectivity index (χ0v) is 27.9. The minimum atomic E-state index is -1.22. The Morgan fingerprint density at radius 1 is 0.778 bits per heavy atom. The Morgan fingerprint density at radius 2 is 1.29 bits per heavy atom. The van der Waals surface area contributed by atoms with Crippen molar-refractivity contribution in [3.8, 4) is 5.75 Å². The molecule has 4 rings (SSSR count). The van der Waals surface area contributed by atoms with Crippen LogP contribution in [0.4, 0.5) is 0 Å². The molecule has 13 heteroatoms. The zero-order chi connectivity index (χ0) is 30.9. The molecule has 1 fully saturated rings. The molecule has 0 spiro atoms. The number of nitrogens with zero attached hydrogens (tertiary/aromatic N) is 1. The van der Waals surface area contributed by atoms with Gasteiger partial charge >= 0.3 is 5.97 Å². The second-order valence-electron chi connectivity index (χ2n) is 10.8. The maximum absolute atomic E-state index is 13.6. The average Bonchev–Trinajstić information content (AvgIpc) is 3.39. The molecule has 0 bridgehead atoms. The summed E-state index contributed by atoms with van der Waals surface area (Å²) in [5.74, 6) is -2.81. The number of aliphatic carboxylic acids is 1. The van der Waals surface area contributed by atoms with E-state index in [0.717, 1.165) is 16.7 Å². The molecule has 242 valence electrons. The van der Waals surface area contributed by atoms with E-state index in [2.05, 4.69) is 10.6 Å². The molecule has 5 atom stereocenters. The highest BCUT2D eigenvalue weighted by atomic mass is 79.9. The quantitative estimate of drug-likeness (QED) is 0.162. The maximum Gasteiger partial charge on any atom is 0.326 e. The summed E-state index contributed by atoms with van der Waals surface area (Å²) in [6, 6.07) is 19.5. The highest BCUT2D eigenvalue weighted by Gasteiger charge is 2.41. The van der Waals surface area contributed by atoms with E-state index in [9.17, 15) is 29.4 Å². The van der Waals surface area contributed by atoms with E-state index in [0.29, 0.717) is 0 Å². The number of nitrogens with one attached hydrogen (secondary N) is 2. The summed E-state index contributed by atoms with van der Waals surface area (Å²) in [5.41, 5.74) is 14.6. The van der Waals surface area contributed by atoms with Crippen LogP contribution >= 0.6 is 34.0 Å². The zero-order valence-electron chi connectivity index (χ0n) is 24.5. The number of amides is 3. The van der Waals surface area contributed by atoms with Gasteiger partial charge in [-0.1, -0.05) is 72.8 Å². The maximum atomic E-state index is 13.6. The Hall–Kier alpha value is -3.78. The third-order valence-electron chi connectivity index (χ3n) is 7.44. The van der Waals surface area contributed by atoms with E-state index < -0.39 is 53.9 Å². The first-order valence-corrected chi connectivity index (χ1v) is 14.1. The molecule has 0 radical (unpaired) electrons. The molecule has 3 aromatic carbocycles. The van der Waals surface area contributed by atoms with E-state index in [4.69, 9.17) is 11.5 Å². The molecule has 0 unspecified atom stereocenters. The van der Waals surface area contributed by atoms with Gasteiger partial charge in [0, 0.05) is 25.4 Å². The predicted octanol–water partition coefficient (Wildman–Crippen LogP) is 1.89. The van der Waals surface area contributed by atoms with Crippen molar-refractivity contribution in [1.82, 2.24) is 15.5 Å². The van der Waals surface area contributed by atoms with Gasteiger partial charge in [-0.3, -0.25) is 14.4 Å². The summed E-state index contributed by atoms with van der Waals surface area (Å²) >= 11 is 0. The predicted molar refractivity (Wildman–Crippen MR) is 180 cm³/mol. The number of likely N-dealkylation sites (tertiary alicyclic amines) is 1. The van der Waals surface area contributed by atoms with Gasteiger partial charge in [0.2, 0.25) is 17.7 Å². The molecule has 0 aromatic heterocycles. The van der Waals surface area contributed by atoms with Crippen molar-refractivity contribution >= 4 is 57.7 Å². The number of phenolic OH excluding ortho intramolecular Hbond substituents is 1. The number of carboxylic acids is 1. The van der Waals surface area contributed by atoms with Gasteiger partial charge in [0.25, 0.3) is 0 Å². The Kier molecular flexibility index (Phi) is 14.7. The van der Waals surface area contributed by atoms with Crippen LogP contribution in [-0.2, 0) is 38.4 Å². The summed E-state index contributed by atoms with van der Waals surface area (Å²) in [5, 5.41) is 24.7. The first kappa shape index (κ1) is 37.4. The van der Waals surface area contributed by atoms with Gasteiger partial charge in [-0.2, -0.15) is 0 Å². The van der Waals surface area contributed by atoms with Gasteiger partial charge in [0.05, 0.1) is 6.04 Å². The van der Waals surface area contributed by atoms with Gasteiger partial charge in [-0.15, -0.1) is 34.0 Å². The molecule has 8 N–H and O–H groups in total. The molecular weight excluding hydrogens is 710 g/mol. The third-order valence-corrected chi connectivity index (χ3v) is 7.44. The third kappa shape index (κ3) is 10.7. The lowest BCUT2D eigenvalue weighted by Crippen LogP contribution is -2.57. The minimum Gasteiger partial charge on any atom is -0.508 e. The molecule has 11 nitrogen and oxygen atoms in total. The number of phenols is 1. The van der Waals surface area contributed by atoms with E-state index >= 15 is 0 Å². The Balaban J connectivity index is 0.00000353. The van der Waals surface area contributed by atoms with Crippen LogP contribution in [0.5, 0.6) is 5.75 Å². The van der Waals surface area contributed by atoms with Gasteiger partial charge in [-0.05, 0) is 41.7 Å². The molecule has 1 heterocycles. The van der Waals surface area contributed by atoms with Crippen LogP contribution in [0.25, 0.3) is 0 Å². The number of carbonyl (C=O) groups excluding carboxylic acids is 3. The number of hydrogen-bond acceptors (Lipinski definition) is 7. The van der Waals surface area contributed by atoms with Crippen LogP contribution in [0, 0.1) is 0 Å². The summed E-state index contributed by atoms with van der Waals surface area (Å²) in [6.45, 7) is 0.119. The fraction of sp³-hybridized carbons (Fsp3) is 0.312. The molecule has 45 heavy (non-hydrogen) atoms. The second kappa shape index (κ2) is 17.6. The highest BCUT2D eigenvalue weighted by Crippen LogP contribution is 2.20. The number of aromatic hydroxyl groups is 1. The number of carbonyl (C=O) groups is 4. The summed E-state index contributed by atoms with van der Waals surface area (Å²) in [6.07, 6.45) is 0.529. The van der Waals surface area contributed by atoms with E-state index in [1.807, 2.05) is 12.1 Å².